The number of benzene rings is 2. The molecule has 4 N–H and O–H groups in total. The molecule has 140 valence electrons. The molecule has 0 radical (unpaired) electrons. The molecule has 0 aliphatic carbocycles. The Balaban J connectivity index is 1.53. The molecular formula is C19H18N2O6. The second kappa shape index (κ2) is 7.98. The van der Waals surface area contributed by atoms with Crippen LogP contribution in [0.4, 0.5) is 4.79 Å². The molecule has 0 bridgehead atoms. The number of carbonyl (C=O) groups excluding carboxylic acids is 3. The van der Waals surface area contributed by atoms with Gasteiger partial charge in [-0.05, 0) is 23.3 Å². The summed E-state index contributed by atoms with van der Waals surface area (Å²) in [6, 6.07) is 13.3. The number of rotatable bonds is 6. The van der Waals surface area contributed by atoms with Crippen LogP contribution in [0.2, 0.25) is 0 Å². The van der Waals surface area contributed by atoms with Gasteiger partial charge in [0.25, 0.3) is 11.8 Å². The number of imide groups is 1. The lowest BCUT2D eigenvalue weighted by Crippen LogP contribution is -2.35. The summed E-state index contributed by atoms with van der Waals surface area (Å²) < 4.78 is 5.02. The van der Waals surface area contributed by atoms with E-state index in [0.29, 0.717) is 0 Å². The number of nitrogens with one attached hydrogen (secondary N) is 2. The Morgan fingerprint density at radius 3 is 2.48 bits per heavy atom. The van der Waals surface area contributed by atoms with Gasteiger partial charge >= 0.3 is 6.09 Å². The van der Waals surface area contributed by atoms with E-state index in [0.717, 1.165) is 5.56 Å². The van der Waals surface area contributed by atoms with E-state index in [-0.39, 0.29) is 29.8 Å². The van der Waals surface area contributed by atoms with E-state index in [9.17, 15) is 24.6 Å². The molecule has 2 aromatic carbocycles. The number of alkyl carbamates (subject to hydrolysis) is 1. The zero-order chi connectivity index (χ0) is 19.4. The van der Waals surface area contributed by atoms with Crippen LogP contribution < -0.4 is 10.6 Å². The Hall–Kier alpha value is -3.23. The van der Waals surface area contributed by atoms with Crippen molar-refractivity contribution in [3.8, 4) is 0 Å². The molecule has 3 amide bonds. The van der Waals surface area contributed by atoms with Crippen molar-refractivity contribution < 1.29 is 29.3 Å². The van der Waals surface area contributed by atoms with Crippen molar-refractivity contribution in [2.75, 3.05) is 6.54 Å². The number of aliphatic hydroxyl groups excluding tert-OH is 2. The standard InChI is InChI=1S/C19H18N2O6/c22-15(9-20-19(26)27-10-11-4-2-1-3-5-11)16(23)12-6-7-13-14(8-12)18(25)21-17(13)24/h1-8,15-16,22-23H,9-10H2,(H,20,26)(H,21,24,25). The Morgan fingerprint density at radius 2 is 1.74 bits per heavy atom. The smallest absolute Gasteiger partial charge is 0.407 e. The Morgan fingerprint density at radius 1 is 1.04 bits per heavy atom. The predicted octanol–water partition coefficient (Wildman–Crippen LogP) is 0.891. The Labute approximate surface area is 154 Å². The molecule has 1 aliphatic heterocycles. The van der Waals surface area contributed by atoms with Gasteiger partial charge in [-0.1, -0.05) is 36.4 Å². The highest BCUT2D eigenvalue weighted by Gasteiger charge is 2.28. The number of hydrogen-bond donors (Lipinski definition) is 4. The van der Waals surface area contributed by atoms with Gasteiger partial charge in [-0.25, -0.2) is 4.79 Å². The van der Waals surface area contributed by atoms with Gasteiger partial charge in [0.1, 0.15) is 18.8 Å². The van der Waals surface area contributed by atoms with E-state index < -0.39 is 30.1 Å². The summed E-state index contributed by atoms with van der Waals surface area (Å²) in [5, 5.41) is 24.8. The largest absolute Gasteiger partial charge is 0.445 e. The first kappa shape index (κ1) is 18.6. The van der Waals surface area contributed by atoms with Crippen LogP contribution in [0.5, 0.6) is 0 Å². The fourth-order valence-corrected chi connectivity index (χ4v) is 2.67. The average molecular weight is 370 g/mol. The zero-order valence-electron chi connectivity index (χ0n) is 14.2. The van der Waals surface area contributed by atoms with Crippen molar-refractivity contribution in [3.05, 3.63) is 70.8 Å². The van der Waals surface area contributed by atoms with Crippen LogP contribution in [0.25, 0.3) is 0 Å². The van der Waals surface area contributed by atoms with Gasteiger partial charge in [0.15, 0.2) is 0 Å². The van der Waals surface area contributed by atoms with Crippen molar-refractivity contribution in [1.82, 2.24) is 10.6 Å². The highest BCUT2D eigenvalue weighted by molar-refractivity contribution is 6.21. The summed E-state index contributed by atoms with van der Waals surface area (Å²) in [6.07, 6.45) is -3.41. The normalized spacial score (nSPS) is 14.9. The van der Waals surface area contributed by atoms with Gasteiger partial charge in [-0.3, -0.25) is 14.9 Å². The molecule has 1 aliphatic rings. The first-order valence-corrected chi connectivity index (χ1v) is 8.26. The molecule has 27 heavy (non-hydrogen) atoms. The SMILES string of the molecule is O=C(NCC(O)C(O)c1ccc2c(c1)C(=O)NC2=O)OCc1ccccc1. The summed E-state index contributed by atoms with van der Waals surface area (Å²) in [7, 11) is 0. The van der Waals surface area contributed by atoms with Crippen molar-refractivity contribution in [2.45, 2.75) is 18.8 Å². The number of carbonyl (C=O) groups is 3. The van der Waals surface area contributed by atoms with Crippen LogP contribution in [0.15, 0.2) is 48.5 Å². The van der Waals surface area contributed by atoms with Crippen LogP contribution in [0, 0.1) is 0 Å². The van der Waals surface area contributed by atoms with E-state index in [2.05, 4.69) is 10.6 Å². The molecule has 8 heteroatoms. The fourth-order valence-electron chi connectivity index (χ4n) is 2.67. The zero-order valence-corrected chi connectivity index (χ0v) is 14.2. The summed E-state index contributed by atoms with van der Waals surface area (Å²) in [5.74, 6) is -1.06. The van der Waals surface area contributed by atoms with Crippen LogP contribution in [-0.4, -0.2) is 40.8 Å². The number of amides is 3. The molecule has 0 saturated carbocycles. The third kappa shape index (κ3) is 4.30. The van der Waals surface area contributed by atoms with E-state index >= 15 is 0 Å². The molecule has 2 aromatic rings. The van der Waals surface area contributed by atoms with E-state index in [1.165, 1.54) is 18.2 Å². The third-order valence-electron chi connectivity index (χ3n) is 4.13. The lowest BCUT2D eigenvalue weighted by Gasteiger charge is -2.19. The predicted molar refractivity (Wildman–Crippen MR) is 93.8 cm³/mol. The van der Waals surface area contributed by atoms with E-state index in [1.807, 2.05) is 18.2 Å². The maximum absolute atomic E-state index is 11.7. The summed E-state index contributed by atoms with van der Waals surface area (Å²) in [6.45, 7) is -0.170. The van der Waals surface area contributed by atoms with Gasteiger partial charge in [-0.2, -0.15) is 0 Å². The lowest BCUT2D eigenvalue weighted by molar-refractivity contribution is 0.0184. The molecule has 1 heterocycles. The minimum absolute atomic E-state index is 0.0826. The topological polar surface area (TPSA) is 125 Å². The highest BCUT2D eigenvalue weighted by atomic mass is 16.5. The number of fused-ring (bicyclic) bond motifs is 1. The van der Waals surface area contributed by atoms with Crippen molar-refractivity contribution in [3.63, 3.8) is 0 Å². The second-order valence-corrected chi connectivity index (χ2v) is 6.04. The van der Waals surface area contributed by atoms with Crippen LogP contribution in [0.3, 0.4) is 0 Å². The first-order chi connectivity index (χ1) is 13.0. The maximum Gasteiger partial charge on any atom is 0.407 e. The van der Waals surface area contributed by atoms with Crippen molar-refractivity contribution in [2.24, 2.45) is 0 Å². The molecule has 2 atom stereocenters. The molecule has 3 rings (SSSR count). The highest BCUT2D eigenvalue weighted by Crippen LogP contribution is 2.23. The second-order valence-electron chi connectivity index (χ2n) is 6.04. The molecule has 0 spiro atoms. The first-order valence-electron chi connectivity index (χ1n) is 8.26. The molecule has 8 nitrogen and oxygen atoms in total. The lowest BCUT2D eigenvalue weighted by atomic mass is 9.99. The van der Waals surface area contributed by atoms with Gasteiger partial charge in [0, 0.05) is 6.54 Å². The van der Waals surface area contributed by atoms with Gasteiger partial charge < -0.3 is 20.3 Å². The number of ether oxygens (including phenoxy) is 1. The molecule has 0 fully saturated rings. The number of hydrogen-bond acceptors (Lipinski definition) is 6. The number of aliphatic hydroxyl groups is 2. The van der Waals surface area contributed by atoms with Crippen molar-refractivity contribution in [1.29, 1.82) is 0 Å². The van der Waals surface area contributed by atoms with Crippen LogP contribution in [0.1, 0.15) is 37.9 Å². The van der Waals surface area contributed by atoms with Crippen LogP contribution in [-0.2, 0) is 11.3 Å². The molecule has 0 aromatic heterocycles. The summed E-state index contributed by atoms with van der Waals surface area (Å²) >= 11 is 0. The van der Waals surface area contributed by atoms with Gasteiger partial charge in [-0.15, -0.1) is 0 Å². The van der Waals surface area contributed by atoms with Gasteiger partial charge in [0.2, 0.25) is 0 Å². The minimum atomic E-state index is -1.35. The third-order valence-corrected chi connectivity index (χ3v) is 4.13. The molecular weight excluding hydrogens is 352 g/mol. The quantitative estimate of drug-likeness (QED) is 0.560. The Kier molecular flexibility index (Phi) is 5.49. The van der Waals surface area contributed by atoms with E-state index in [1.54, 1.807) is 12.1 Å². The van der Waals surface area contributed by atoms with Crippen LogP contribution >= 0.6 is 0 Å². The maximum atomic E-state index is 11.7. The monoisotopic (exact) mass is 370 g/mol. The summed E-state index contributed by atoms with van der Waals surface area (Å²) in [5.41, 5.74) is 1.43. The van der Waals surface area contributed by atoms with E-state index in [4.69, 9.17) is 4.74 Å². The Bertz CT molecular complexity index is 868. The fraction of sp³-hybridized carbons (Fsp3) is 0.211. The van der Waals surface area contributed by atoms with Gasteiger partial charge in [0.05, 0.1) is 11.1 Å². The van der Waals surface area contributed by atoms with Crippen molar-refractivity contribution >= 4 is 17.9 Å². The minimum Gasteiger partial charge on any atom is -0.445 e. The summed E-state index contributed by atoms with van der Waals surface area (Å²) in [4.78, 5) is 34.9. The average Bonchev–Trinajstić information content (AvgIpc) is 2.98. The molecule has 0 saturated heterocycles. The molecule has 2 unspecified atom stereocenters.